The maximum absolute atomic E-state index is 12.7. The van der Waals surface area contributed by atoms with Crippen LogP contribution in [0.5, 0.6) is 0 Å². The van der Waals surface area contributed by atoms with Crippen molar-refractivity contribution in [2.24, 2.45) is 11.8 Å². The molecule has 2 aliphatic rings. The van der Waals surface area contributed by atoms with E-state index < -0.39 is 12.0 Å². The summed E-state index contributed by atoms with van der Waals surface area (Å²) in [6.07, 6.45) is 0.396. The average molecular weight is 288 g/mol. The van der Waals surface area contributed by atoms with E-state index in [0.717, 1.165) is 24.2 Å². The molecule has 0 bridgehead atoms. The molecule has 1 fully saturated rings. The third-order valence-corrected chi connectivity index (χ3v) is 4.73. The number of aliphatic carboxylic acids is 1. The minimum atomic E-state index is -0.920. The molecule has 2 aliphatic heterocycles. The average Bonchev–Trinajstić information content (AvgIpc) is 2.43. The molecule has 2 atom stereocenters. The van der Waals surface area contributed by atoms with E-state index in [9.17, 15) is 14.7 Å². The maximum Gasteiger partial charge on any atom is 0.326 e. The predicted octanol–water partition coefficient (Wildman–Crippen LogP) is 0.880. The van der Waals surface area contributed by atoms with Crippen molar-refractivity contribution in [2.45, 2.75) is 25.9 Å². The van der Waals surface area contributed by atoms with Crippen molar-refractivity contribution in [3.05, 3.63) is 35.4 Å². The van der Waals surface area contributed by atoms with Crippen molar-refractivity contribution in [3.63, 3.8) is 0 Å². The molecule has 1 saturated heterocycles. The minimum absolute atomic E-state index is 0.0385. The van der Waals surface area contributed by atoms with Crippen molar-refractivity contribution in [1.82, 2.24) is 10.2 Å². The van der Waals surface area contributed by atoms with Gasteiger partial charge in [0.15, 0.2) is 0 Å². The number of carboxylic acids is 1. The minimum Gasteiger partial charge on any atom is -0.480 e. The topological polar surface area (TPSA) is 69.6 Å². The van der Waals surface area contributed by atoms with Crippen molar-refractivity contribution < 1.29 is 14.7 Å². The summed E-state index contributed by atoms with van der Waals surface area (Å²) in [6, 6.07) is 7.03. The van der Waals surface area contributed by atoms with Gasteiger partial charge < -0.3 is 15.3 Å². The number of carbonyl (C=O) groups is 2. The summed E-state index contributed by atoms with van der Waals surface area (Å²) in [5.41, 5.74) is 2.09. The second-order valence-corrected chi connectivity index (χ2v) is 6.00. The Morgan fingerprint density at radius 2 is 1.95 bits per heavy atom. The van der Waals surface area contributed by atoms with E-state index in [4.69, 9.17) is 0 Å². The van der Waals surface area contributed by atoms with Crippen LogP contribution in [0.2, 0.25) is 0 Å². The third-order valence-electron chi connectivity index (χ3n) is 4.73. The van der Waals surface area contributed by atoms with Gasteiger partial charge in [-0.3, -0.25) is 4.79 Å². The summed E-state index contributed by atoms with van der Waals surface area (Å²) in [5, 5.41) is 12.6. The van der Waals surface area contributed by atoms with Crippen LogP contribution >= 0.6 is 0 Å². The maximum atomic E-state index is 12.7. The highest BCUT2D eigenvalue weighted by Gasteiger charge is 2.39. The number of nitrogens with zero attached hydrogens (tertiary/aromatic N) is 1. The Bertz CT molecular complexity index is 568. The largest absolute Gasteiger partial charge is 0.480 e. The number of benzene rings is 1. The van der Waals surface area contributed by atoms with Crippen molar-refractivity contribution in [3.8, 4) is 0 Å². The molecule has 3 rings (SSSR count). The van der Waals surface area contributed by atoms with Gasteiger partial charge in [0.05, 0.1) is 0 Å². The number of hydrogen-bond donors (Lipinski definition) is 2. The fraction of sp³-hybridized carbons (Fsp3) is 0.500. The number of carbonyl (C=O) groups excluding carboxylic acids is 1. The Morgan fingerprint density at radius 1 is 1.29 bits per heavy atom. The molecule has 0 aliphatic carbocycles. The predicted molar refractivity (Wildman–Crippen MR) is 77.6 cm³/mol. The quantitative estimate of drug-likeness (QED) is 0.866. The highest BCUT2D eigenvalue weighted by molar-refractivity contribution is 5.86. The summed E-state index contributed by atoms with van der Waals surface area (Å²) in [4.78, 5) is 25.8. The molecule has 2 heterocycles. The van der Waals surface area contributed by atoms with Crippen molar-refractivity contribution in [1.29, 1.82) is 0 Å². The lowest BCUT2D eigenvalue weighted by Gasteiger charge is -2.39. The third kappa shape index (κ3) is 2.53. The molecule has 0 saturated carbocycles. The van der Waals surface area contributed by atoms with Crippen LogP contribution in [-0.2, 0) is 22.6 Å². The zero-order valence-corrected chi connectivity index (χ0v) is 12.1. The number of nitrogens with one attached hydrogen (secondary N) is 1. The zero-order chi connectivity index (χ0) is 15.0. The second kappa shape index (κ2) is 5.48. The van der Waals surface area contributed by atoms with Gasteiger partial charge in [-0.25, -0.2) is 4.79 Å². The lowest BCUT2D eigenvalue weighted by atomic mass is 9.86. The van der Waals surface area contributed by atoms with Gasteiger partial charge in [0.1, 0.15) is 6.04 Å². The molecule has 21 heavy (non-hydrogen) atoms. The van der Waals surface area contributed by atoms with Crippen molar-refractivity contribution in [2.75, 3.05) is 13.1 Å². The SMILES string of the molecule is CC(C(=O)N1Cc2ccccc2C[C@@H]1C(=O)O)C1CNC1. The summed E-state index contributed by atoms with van der Waals surface area (Å²) >= 11 is 0. The fourth-order valence-electron chi connectivity index (χ4n) is 3.10. The molecule has 1 unspecified atom stereocenters. The normalized spacial score (nSPS) is 23.1. The second-order valence-electron chi connectivity index (χ2n) is 6.00. The first-order valence-corrected chi connectivity index (χ1v) is 7.38. The molecule has 1 aromatic rings. The molecule has 112 valence electrons. The van der Waals surface area contributed by atoms with Crippen LogP contribution in [0, 0.1) is 11.8 Å². The number of rotatable bonds is 3. The first-order valence-electron chi connectivity index (χ1n) is 7.38. The van der Waals surface area contributed by atoms with E-state index in [2.05, 4.69) is 5.32 Å². The monoisotopic (exact) mass is 288 g/mol. The molecule has 0 aromatic heterocycles. The van der Waals surface area contributed by atoms with E-state index in [0.29, 0.717) is 18.9 Å². The Labute approximate surface area is 123 Å². The van der Waals surface area contributed by atoms with Crippen LogP contribution < -0.4 is 5.32 Å². The Hall–Kier alpha value is -1.88. The van der Waals surface area contributed by atoms with E-state index >= 15 is 0 Å². The van der Waals surface area contributed by atoms with Crippen LogP contribution in [-0.4, -0.2) is 41.0 Å². The van der Waals surface area contributed by atoms with Gasteiger partial charge in [0, 0.05) is 18.9 Å². The first kappa shape index (κ1) is 14.1. The van der Waals surface area contributed by atoms with Gasteiger partial charge in [0.25, 0.3) is 0 Å². The molecule has 1 amide bonds. The number of hydrogen-bond acceptors (Lipinski definition) is 3. The molecular weight excluding hydrogens is 268 g/mol. The smallest absolute Gasteiger partial charge is 0.326 e. The van der Waals surface area contributed by atoms with E-state index in [1.54, 1.807) is 4.90 Å². The summed E-state index contributed by atoms with van der Waals surface area (Å²) in [5.74, 6) is -0.761. The van der Waals surface area contributed by atoms with Crippen LogP contribution in [0.1, 0.15) is 18.1 Å². The Balaban J connectivity index is 1.85. The van der Waals surface area contributed by atoms with Crippen LogP contribution in [0.15, 0.2) is 24.3 Å². The van der Waals surface area contributed by atoms with Gasteiger partial charge in [-0.1, -0.05) is 31.2 Å². The highest BCUT2D eigenvalue weighted by Crippen LogP contribution is 2.27. The lowest BCUT2D eigenvalue weighted by Crippen LogP contribution is -2.55. The molecule has 5 heteroatoms. The van der Waals surface area contributed by atoms with Gasteiger partial charge in [0.2, 0.25) is 5.91 Å². The fourth-order valence-corrected chi connectivity index (χ4v) is 3.10. The number of fused-ring (bicyclic) bond motifs is 1. The van der Waals surface area contributed by atoms with Gasteiger partial charge in [-0.15, -0.1) is 0 Å². The van der Waals surface area contributed by atoms with Crippen LogP contribution in [0.4, 0.5) is 0 Å². The number of amides is 1. The molecule has 5 nitrogen and oxygen atoms in total. The Kier molecular flexibility index (Phi) is 3.68. The van der Waals surface area contributed by atoms with E-state index in [1.165, 1.54) is 0 Å². The molecule has 0 radical (unpaired) electrons. The molecule has 2 N–H and O–H groups in total. The molecular formula is C16H20N2O3. The van der Waals surface area contributed by atoms with Crippen LogP contribution in [0.3, 0.4) is 0 Å². The first-order chi connectivity index (χ1) is 10.1. The van der Waals surface area contributed by atoms with Gasteiger partial charge >= 0.3 is 5.97 Å². The van der Waals surface area contributed by atoms with E-state index in [1.807, 2.05) is 31.2 Å². The number of carboxylic acid groups (broad SMARTS) is 1. The Morgan fingerprint density at radius 3 is 2.52 bits per heavy atom. The zero-order valence-electron chi connectivity index (χ0n) is 12.1. The highest BCUT2D eigenvalue weighted by atomic mass is 16.4. The summed E-state index contributed by atoms with van der Waals surface area (Å²) in [6.45, 7) is 3.99. The van der Waals surface area contributed by atoms with Crippen LogP contribution in [0.25, 0.3) is 0 Å². The molecule has 0 spiro atoms. The van der Waals surface area contributed by atoms with Crippen molar-refractivity contribution >= 4 is 11.9 Å². The van der Waals surface area contributed by atoms with Gasteiger partial charge in [-0.05, 0) is 30.1 Å². The summed E-state index contributed by atoms with van der Waals surface area (Å²) in [7, 11) is 0. The summed E-state index contributed by atoms with van der Waals surface area (Å²) < 4.78 is 0. The lowest BCUT2D eigenvalue weighted by molar-refractivity contribution is -0.154. The van der Waals surface area contributed by atoms with E-state index in [-0.39, 0.29) is 11.8 Å². The van der Waals surface area contributed by atoms with Gasteiger partial charge in [-0.2, -0.15) is 0 Å². The molecule has 1 aromatic carbocycles. The standard InChI is InChI=1S/C16H20N2O3/c1-10(13-7-17-8-13)15(19)18-9-12-5-3-2-4-11(12)6-14(18)16(20)21/h2-5,10,13-14,17H,6-9H2,1H3,(H,20,21)/t10?,14-/m1/s1.